The number of benzene rings is 1. The molecule has 1 N–H and O–H groups in total. The fourth-order valence-electron chi connectivity index (χ4n) is 2.42. The molecule has 2 rings (SSSR count). The quantitative estimate of drug-likeness (QED) is 0.813. The highest BCUT2D eigenvalue weighted by Gasteiger charge is 2.29. The van der Waals surface area contributed by atoms with Gasteiger partial charge in [-0.15, -0.1) is 0 Å². The molecule has 1 aliphatic carbocycles. The summed E-state index contributed by atoms with van der Waals surface area (Å²) < 4.78 is 0. The van der Waals surface area contributed by atoms with E-state index in [0.29, 0.717) is 0 Å². The van der Waals surface area contributed by atoms with Gasteiger partial charge in [-0.05, 0) is 62.3 Å². The van der Waals surface area contributed by atoms with Crippen LogP contribution >= 0.6 is 0 Å². The van der Waals surface area contributed by atoms with Gasteiger partial charge in [0.2, 0.25) is 0 Å². The van der Waals surface area contributed by atoms with Gasteiger partial charge in [0.15, 0.2) is 0 Å². The lowest BCUT2D eigenvalue weighted by Crippen LogP contribution is -2.40. The van der Waals surface area contributed by atoms with E-state index in [9.17, 15) is 0 Å². The Labute approximate surface area is 99.3 Å². The van der Waals surface area contributed by atoms with Crippen molar-refractivity contribution in [3.63, 3.8) is 0 Å². The van der Waals surface area contributed by atoms with Crippen molar-refractivity contribution in [3.05, 3.63) is 34.9 Å². The van der Waals surface area contributed by atoms with Gasteiger partial charge in [-0.2, -0.15) is 0 Å². The Kier molecular flexibility index (Phi) is 3.65. The van der Waals surface area contributed by atoms with Crippen molar-refractivity contribution in [2.45, 2.75) is 52.0 Å². The predicted molar refractivity (Wildman–Crippen MR) is 70.0 cm³/mol. The van der Waals surface area contributed by atoms with E-state index in [-0.39, 0.29) is 0 Å². The Bertz CT molecular complexity index is 350. The van der Waals surface area contributed by atoms with Gasteiger partial charge in [-0.25, -0.2) is 0 Å². The molecule has 1 aromatic rings. The summed E-state index contributed by atoms with van der Waals surface area (Å²) in [5.74, 6) is 0.800. The largest absolute Gasteiger partial charge is 0.314 e. The third kappa shape index (κ3) is 2.46. The maximum Gasteiger partial charge on any atom is 0.00787 e. The molecule has 1 fully saturated rings. The molecule has 0 aliphatic heterocycles. The number of hydrogen-bond donors (Lipinski definition) is 1. The van der Waals surface area contributed by atoms with Gasteiger partial charge in [0, 0.05) is 6.04 Å². The van der Waals surface area contributed by atoms with Crippen molar-refractivity contribution >= 4 is 0 Å². The Hall–Kier alpha value is -0.820. The molecule has 88 valence electrons. The second kappa shape index (κ2) is 5.01. The molecule has 1 nitrogen and oxygen atoms in total. The monoisotopic (exact) mass is 217 g/mol. The summed E-state index contributed by atoms with van der Waals surface area (Å²) in [5.41, 5.74) is 4.38. The first-order chi connectivity index (χ1) is 7.70. The summed E-state index contributed by atoms with van der Waals surface area (Å²) in [6, 6.07) is 7.71. The van der Waals surface area contributed by atoms with Gasteiger partial charge >= 0.3 is 0 Å². The zero-order valence-corrected chi connectivity index (χ0v) is 10.7. The molecule has 0 aromatic heterocycles. The Morgan fingerprint density at radius 3 is 2.56 bits per heavy atom. The minimum absolute atomic E-state index is 0.770. The molecule has 0 unspecified atom stereocenters. The third-order valence-electron chi connectivity index (χ3n) is 3.82. The number of hydrogen-bond acceptors (Lipinski definition) is 1. The molecule has 0 bridgehead atoms. The summed E-state index contributed by atoms with van der Waals surface area (Å²) in [4.78, 5) is 0. The molecule has 1 heteroatoms. The van der Waals surface area contributed by atoms with Crippen LogP contribution in [0.15, 0.2) is 18.2 Å². The molecular weight excluding hydrogens is 194 g/mol. The smallest absolute Gasteiger partial charge is 0.00787 e. The molecule has 0 heterocycles. The lowest BCUT2D eigenvalue weighted by molar-refractivity contribution is 0.292. The van der Waals surface area contributed by atoms with Gasteiger partial charge in [0.05, 0.1) is 0 Å². The molecule has 0 spiro atoms. The van der Waals surface area contributed by atoms with Crippen molar-refractivity contribution in [2.75, 3.05) is 6.54 Å². The van der Waals surface area contributed by atoms with E-state index in [1.807, 2.05) is 0 Å². The molecule has 1 saturated carbocycles. The van der Waals surface area contributed by atoms with E-state index in [1.165, 1.54) is 42.5 Å². The highest BCUT2D eigenvalue weighted by atomic mass is 14.9. The first kappa shape index (κ1) is 11.7. The van der Waals surface area contributed by atoms with Crippen molar-refractivity contribution in [1.29, 1.82) is 0 Å². The lowest BCUT2D eigenvalue weighted by Gasteiger charge is -2.36. The average molecular weight is 217 g/mol. The maximum atomic E-state index is 3.59. The predicted octanol–water partition coefficient (Wildman–Crippen LogP) is 3.55. The SMILES string of the molecule is CCCNC1CC(c2ccc(C)c(C)c2)C1. The van der Waals surface area contributed by atoms with Crippen LogP contribution in [0.25, 0.3) is 0 Å². The van der Waals surface area contributed by atoms with Crippen LogP contribution < -0.4 is 5.32 Å². The first-order valence-electron chi connectivity index (χ1n) is 6.51. The Morgan fingerprint density at radius 2 is 1.94 bits per heavy atom. The molecule has 1 aromatic carbocycles. The normalized spacial score (nSPS) is 24.2. The van der Waals surface area contributed by atoms with Crippen LogP contribution in [-0.4, -0.2) is 12.6 Å². The van der Waals surface area contributed by atoms with Crippen LogP contribution in [-0.2, 0) is 0 Å². The number of nitrogens with one attached hydrogen (secondary N) is 1. The van der Waals surface area contributed by atoms with Crippen LogP contribution in [0.4, 0.5) is 0 Å². The molecule has 16 heavy (non-hydrogen) atoms. The minimum atomic E-state index is 0.770. The van der Waals surface area contributed by atoms with Crippen molar-refractivity contribution in [2.24, 2.45) is 0 Å². The molecule has 0 radical (unpaired) electrons. The summed E-state index contributed by atoms with van der Waals surface area (Å²) in [6.45, 7) is 7.80. The standard InChI is InChI=1S/C15H23N/c1-4-7-16-15-9-14(10-15)13-6-5-11(2)12(3)8-13/h5-6,8,14-16H,4,7,9-10H2,1-3H3. The Balaban J connectivity index is 1.89. The van der Waals surface area contributed by atoms with Crippen LogP contribution in [0.5, 0.6) is 0 Å². The average Bonchev–Trinajstić information content (AvgIpc) is 2.21. The van der Waals surface area contributed by atoms with E-state index in [4.69, 9.17) is 0 Å². The van der Waals surface area contributed by atoms with Crippen molar-refractivity contribution < 1.29 is 0 Å². The fourth-order valence-corrected chi connectivity index (χ4v) is 2.42. The number of rotatable bonds is 4. The molecule has 0 saturated heterocycles. The van der Waals surface area contributed by atoms with E-state index in [2.05, 4.69) is 44.3 Å². The zero-order valence-electron chi connectivity index (χ0n) is 10.7. The van der Waals surface area contributed by atoms with Gasteiger partial charge < -0.3 is 5.32 Å². The van der Waals surface area contributed by atoms with Gasteiger partial charge in [0.25, 0.3) is 0 Å². The third-order valence-corrected chi connectivity index (χ3v) is 3.82. The lowest BCUT2D eigenvalue weighted by atomic mass is 9.75. The minimum Gasteiger partial charge on any atom is -0.314 e. The van der Waals surface area contributed by atoms with Crippen LogP contribution in [0.3, 0.4) is 0 Å². The highest BCUT2D eigenvalue weighted by Crippen LogP contribution is 2.37. The summed E-state index contributed by atoms with van der Waals surface area (Å²) in [7, 11) is 0. The van der Waals surface area contributed by atoms with Gasteiger partial charge in [-0.3, -0.25) is 0 Å². The van der Waals surface area contributed by atoms with Crippen LogP contribution in [0.1, 0.15) is 48.8 Å². The molecule has 1 aliphatic rings. The summed E-state index contributed by atoms with van der Waals surface area (Å²) in [6.07, 6.45) is 3.88. The zero-order chi connectivity index (χ0) is 11.5. The number of aryl methyl sites for hydroxylation is 2. The summed E-state index contributed by atoms with van der Waals surface area (Å²) in [5, 5.41) is 3.59. The summed E-state index contributed by atoms with van der Waals surface area (Å²) >= 11 is 0. The Morgan fingerprint density at radius 1 is 1.19 bits per heavy atom. The molecule has 0 amide bonds. The van der Waals surface area contributed by atoms with Gasteiger partial charge in [-0.1, -0.05) is 25.1 Å². The van der Waals surface area contributed by atoms with E-state index < -0.39 is 0 Å². The van der Waals surface area contributed by atoms with Crippen molar-refractivity contribution in [3.8, 4) is 0 Å². The van der Waals surface area contributed by atoms with Crippen LogP contribution in [0, 0.1) is 13.8 Å². The van der Waals surface area contributed by atoms with E-state index >= 15 is 0 Å². The van der Waals surface area contributed by atoms with E-state index in [0.717, 1.165) is 12.0 Å². The second-order valence-electron chi connectivity index (χ2n) is 5.16. The van der Waals surface area contributed by atoms with E-state index in [1.54, 1.807) is 0 Å². The fraction of sp³-hybridized carbons (Fsp3) is 0.600. The maximum absolute atomic E-state index is 3.59. The van der Waals surface area contributed by atoms with Crippen molar-refractivity contribution in [1.82, 2.24) is 5.32 Å². The second-order valence-corrected chi connectivity index (χ2v) is 5.16. The van der Waals surface area contributed by atoms with Gasteiger partial charge in [0.1, 0.15) is 0 Å². The topological polar surface area (TPSA) is 12.0 Å². The first-order valence-corrected chi connectivity index (χ1v) is 6.51. The highest BCUT2D eigenvalue weighted by molar-refractivity contribution is 5.33. The molecular formula is C15H23N. The molecule has 0 atom stereocenters. The van der Waals surface area contributed by atoms with Crippen LogP contribution in [0.2, 0.25) is 0 Å².